The van der Waals surface area contributed by atoms with E-state index in [-0.39, 0.29) is 5.91 Å². The number of aromatic nitrogens is 2. The number of hydrogen-bond donors (Lipinski definition) is 0. The third-order valence-corrected chi connectivity index (χ3v) is 5.70. The molecule has 1 amide bonds. The third kappa shape index (κ3) is 4.20. The molecular formula is C27H25N3O4. The molecule has 34 heavy (non-hydrogen) atoms. The summed E-state index contributed by atoms with van der Waals surface area (Å²) >= 11 is 0. The highest BCUT2D eigenvalue weighted by Crippen LogP contribution is 2.33. The first-order valence-corrected chi connectivity index (χ1v) is 11.1. The van der Waals surface area contributed by atoms with Crippen LogP contribution in [0.5, 0.6) is 17.2 Å². The first-order valence-electron chi connectivity index (χ1n) is 11.1. The van der Waals surface area contributed by atoms with Gasteiger partial charge in [-0.15, -0.1) is 0 Å². The van der Waals surface area contributed by atoms with E-state index in [2.05, 4.69) is 0 Å². The summed E-state index contributed by atoms with van der Waals surface area (Å²) < 4.78 is 18.6. The lowest BCUT2D eigenvalue weighted by Crippen LogP contribution is -2.26. The maximum atomic E-state index is 13.7. The van der Waals surface area contributed by atoms with Crippen LogP contribution in [0.3, 0.4) is 0 Å². The van der Waals surface area contributed by atoms with Crippen molar-refractivity contribution in [1.29, 1.82) is 0 Å². The van der Waals surface area contributed by atoms with Crippen LogP contribution in [-0.4, -0.2) is 48.0 Å². The summed E-state index contributed by atoms with van der Waals surface area (Å²) in [6.07, 6.45) is 1.78. The Kier molecular flexibility index (Phi) is 5.91. The van der Waals surface area contributed by atoms with Gasteiger partial charge in [-0.05, 0) is 42.0 Å². The van der Waals surface area contributed by atoms with Gasteiger partial charge in [-0.2, -0.15) is 5.10 Å². The number of ether oxygens (including phenoxy) is 3. The zero-order valence-electron chi connectivity index (χ0n) is 19.1. The smallest absolute Gasteiger partial charge is 0.257 e. The molecule has 0 bridgehead atoms. The number of rotatable bonds is 6. The van der Waals surface area contributed by atoms with Gasteiger partial charge in [0.1, 0.15) is 24.7 Å². The van der Waals surface area contributed by atoms with Crippen molar-refractivity contribution >= 4 is 5.91 Å². The van der Waals surface area contributed by atoms with Crippen LogP contribution in [-0.2, 0) is 6.54 Å². The Morgan fingerprint density at radius 3 is 2.53 bits per heavy atom. The zero-order valence-corrected chi connectivity index (χ0v) is 19.1. The molecule has 5 rings (SSSR count). The number of amides is 1. The van der Waals surface area contributed by atoms with E-state index in [1.54, 1.807) is 29.9 Å². The zero-order chi connectivity index (χ0) is 23.5. The van der Waals surface area contributed by atoms with Crippen LogP contribution in [0.4, 0.5) is 0 Å². The predicted octanol–water partition coefficient (Wildman–Crippen LogP) is 4.59. The first-order chi connectivity index (χ1) is 16.6. The Morgan fingerprint density at radius 1 is 1.00 bits per heavy atom. The first kappa shape index (κ1) is 21.6. The van der Waals surface area contributed by atoms with Gasteiger partial charge in [0.2, 0.25) is 0 Å². The molecular weight excluding hydrogens is 430 g/mol. The van der Waals surface area contributed by atoms with Crippen LogP contribution < -0.4 is 14.2 Å². The number of carbonyl (C=O) groups excluding carboxylic acids is 1. The van der Waals surface area contributed by atoms with Crippen LogP contribution in [0.15, 0.2) is 79.0 Å². The summed E-state index contributed by atoms with van der Waals surface area (Å²) in [5, 5.41) is 4.78. The monoisotopic (exact) mass is 455 g/mol. The van der Waals surface area contributed by atoms with Gasteiger partial charge in [0.15, 0.2) is 11.5 Å². The molecule has 0 fully saturated rings. The van der Waals surface area contributed by atoms with Crippen LogP contribution in [0.1, 0.15) is 15.9 Å². The van der Waals surface area contributed by atoms with Crippen molar-refractivity contribution in [1.82, 2.24) is 14.7 Å². The minimum absolute atomic E-state index is 0.141. The lowest BCUT2D eigenvalue weighted by atomic mass is 10.1. The summed E-state index contributed by atoms with van der Waals surface area (Å²) in [4.78, 5) is 15.3. The number of fused-ring (bicyclic) bond motifs is 1. The molecule has 0 atom stereocenters. The maximum Gasteiger partial charge on any atom is 0.257 e. The number of methoxy groups -OCH3 is 1. The molecule has 0 spiro atoms. The molecule has 4 aromatic rings. The quantitative estimate of drug-likeness (QED) is 0.425. The van der Waals surface area contributed by atoms with Crippen LogP contribution in [0, 0.1) is 0 Å². The van der Waals surface area contributed by atoms with Crippen molar-refractivity contribution in [3.05, 3.63) is 90.1 Å². The minimum atomic E-state index is -0.141. The molecule has 0 unspecified atom stereocenters. The van der Waals surface area contributed by atoms with E-state index in [0.29, 0.717) is 42.5 Å². The second kappa shape index (κ2) is 9.31. The molecule has 172 valence electrons. The average Bonchev–Trinajstić information content (AvgIpc) is 3.34. The molecule has 1 aliphatic rings. The lowest BCUT2D eigenvalue weighted by Gasteiger charge is -2.21. The fourth-order valence-electron chi connectivity index (χ4n) is 4.02. The van der Waals surface area contributed by atoms with Gasteiger partial charge in [-0.3, -0.25) is 4.79 Å². The Hall–Kier alpha value is -4.26. The van der Waals surface area contributed by atoms with Crippen LogP contribution >= 0.6 is 0 Å². The van der Waals surface area contributed by atoms with E-state index in [4.69, 9.17) is 19.3 Å². The van der Waals surface area contributed by atoms with Gasteiger partial charge in [-0.1, -0.05) is 36.4 Å². The van der Waals surface area contributed by atoms with E-state index in [0.717, 1.165) is 22.6 Å². The fraction of sp³-hybridized carbons (Fsp3) is 0.185. The normalized spacial score (nSPS) is 12.3. The van der Waals surface area contributed by atoms with Crippen molar-refractivity contribution in [2.75, 3.05) is 27.4 Å². The van der Waals surface area contributed by atoms with Gasteiger partial charge in [0.25, 0.3) is 5.91 Å². The lowest BCUT2D eigenvalue weighted by molar-refractivity contribution is 0.0785. The number of benzene rings is 3. The van der Waals surface area contributed by atoms with Crippen LogP contribution in [0.2, 0.25) is 0 Å². The van der Waals surface area contributed by atoms with Crippen molar-refractivity contribution in [3.8, 4) is 34.2 Å². The standard InChI is InChI=1S/C27H25N3O4/c1-29(17-19-12-13-24-25(16-19)34-15-14-33-24)27(31)22-18-30(20-8-4-3-5-9-20)28-26(22)21-10-6-7-11-23(21)32-2/h3-13,16,18H,14-15,17H2,1-2H3. The summed E-state index contributed by atoms with van der Waals surface area (Å²) in [7, 11) is 3.40. The average molecular weight is 456 g/mol. The molecule has 0 N–H and O–H groups in total. The Bertz CT molecular complexity index is 1320. The number of nitrogens with zero attached hydrogens (tertiary/aromatic N) is 3. The molecule has 7 heteroatoms. The molecule has 0 radical (unpaired) electrons. The largest absolute Gasteiger partial charge is 0.496 e. The predicted molar refractivity (Wildman–Crippen MR) is 129 cm³/mol. The number of carbonyl (C=O) groups is 1. The minimum Gasteiger partial charge on any atom is -0.496 e. The Labute approximate surface area is 198 Å². The molecule has 0 saturated heterocycles. The molecule has 7 nitrogen and oxygen atoms in total. The summed E-state index contributed by atoms with van der Waals surface area (Å²) in [5.41, 5.74) is 3.64. The molecule has 0 aliphatic carbocycles. The van der Waals surface area contributed by atoms with E-state index >= 15 is 0 Å². The van der Waals surface area contributed by atoms with Crippen molar-refractivity contribution in [2.45, 2.75) is 6.54 Å². The van der Waals surface area contributed by atoms with Gasteiger partial charge in [-0.25, -0.2) is 4.68 Å². The molecule has 0 saturated carbocycles. The van der Waals surface area contributed by atoms with Gasteiger partial charge < -0.3 is 19.1 Å². The van der Waals surface area contributed by atoms with Crippen molar-refractivity contribution in [3.63, 3.8) is 0 Å². The van der Waals surface area contributed by atoms with Gasteiger partial charge in [0, 0.05) is 25.4 Å². The summed E-state index contributed by atoms with van der Waals surface area (Å²) in [6.45, 7) is 1.48. The van der Waals surface area contributed by atoms with Crippen LogP contribution in [0.25, 0.3) is 16.9 Å². The molecule has 1 aliphatic heterocycles. The van der Waals surface area contributed by atoms with E-state index in [1.165, 1.54) is 0 Å². The van der Waals surface area contributed by atoms with Crippen molar-refractivity contribution < 1.29 is 19.0 Å². The molecule has 1 aromatic heterocycles. The van der Waals surface area contributed by atoms with Gasteiger partial charge >= 0.3 is 0 Å². The van der Waals surface area contributed by atoms with E-state index < -0.39 is 0 Å². The highest BCUT2D eigenvalue weighted by Gasteiger charge is 2.24. The summed E-state index contributed by atoms with van der Waals surface area (Å²) in [5.74, 6) is 1.95. The topological polar surface area (TPSA) is 65.8 Å². The van der Waals surface area contributed by atoms with Gasteiger partial charge in [0.05, 0.1) is 18.4 Å². The SMILES string of the molecule is COc1ccccc1-c1nn(-c2ccccc2)cc1C(=O)N(C)Cc1ccc2c(c1)OCCO2. The van der Waals surface area contributed by atoms with E-state index in [9.17, 15) is 4.79 Å². The third-order valence-electron chi connectivity index (χ3n) is 5.70. The second-order valence-electron chi connectivity index (χ2n) is 8.01. The molecule has 2 heterocycles. The highest BCUT2D eigenvalue weighted by molar-refractivity contribution is 6.00. The fourth-order valence-corrected chi connectivity index (χ4v) is 4.02. The van der Waals surface area contributed by atoms with Crippen molar-refractivity contribution in [2.24, 2.45) is 0 Å². The van der Waals surface area contributed by atoms with E-state index in [1.807, 2.05) is 72.8 Å². The Morgan fingerprint density at radius 2 is 1.74 bits per heavy atom. The summed E-state index contributed by atoms with van der Waals surface area (Å²) in [6, 6.07) is 23.1. The number of hydrogen-bond acceptors (Lipinski definition) is 5. The number of para-hydroxylation sites is 2. The maximum absolute atomic E-state index is 13.7. The second-order valence-corrected chi connectivity index (χ2v) is 8.01. The Balaban J connectivity index is 1.50. The molecule has 3 aromatic carbocycles. The highest BCUT2D eigenvalue weighted by atomic mass is 16.6.